The second-order valence-corrected chi connectivity index (χ2v) is 4.84. The molecule has 3 rings (SSSR count). The molecule has 0 saturated heterocycles. The van der Waals surface area contributed by atoms with Crippen molar-refractivity contribution < 1.29 is 23.4 Å². The third kappa shape index (κ3) is 2.59. The highest BCUT2D eigenvalue weighted by molar-refractivity contribution is 6.04. The number of carboxylic acid groups (broad SMARTS) is 1. The van der Waals surface area contributed by atoms with Gasteiger partial charge in [-0.1, -0.05) is 12.1 Å². The predicted octanol–water partition coefficient (Wildman–Crippen LogP) is 3.89. The van der Waals surface area contributed by atoms with Crippen LogP contribution in [0, 0.1) is 11.6 Å². The average molecular weight is 315 g/mol. The average Bonchev–Trinajstić information content (AvgIpc) is 2.54. The van der Waals surface area contributed by atoms with E-state index in [-0.39, 0.29) is 27.7 Å². The number of fused-ring (bicyclic) bond motifs is 1. The van der Waals surface area contributed by atoms with E-state index < -0.39 is 17.6 Å². The minimum atomic E-state index is -1.22. The number of benzene rings is 2. The van der Waals surface area contributed by atoms with Crippen LogP contribution in [0.25, 0.3) is 22.2 Å². The molecule has 0 atom stereocenters. The van der Waals surface area contributed by atoms with E-state index in [0.29, 0.717) is 5.75 Å². The molecule has 0 spiro atoms. The smallest absolute Gasteiger partial charge is 0.336 e. The first-order valence-electron chi connectivity index (χ1n) is 6.67. The van der Waals surface area contributed by atoms with Crippen LogP contribution in [0.3, 0.4) is 0 Å². The molecule has 0 unspecified atom stereocenters. The van der Waals surface area contributed by atoms with Crippen LogP contribution in [0.1, 0.15) is 10.4 Å². The van der Waals surface area contributed by atoms with Crippen LogP contribution in [-0.4, -0.2) is 23.2 Å². The SMILES string of the molecule is COc1ccc(F)cc1-c1cc(C(=O)O)c2cccc(F)c2n1. The van der Waals surface area contributed by atoms with Crippen molar-refractivity contribution in [1.82, 2.24) is 4.98 Å². The first-order chi connectivity index (χ1) is 11.0. The van der Waals surface area contributed by atoms with E-state index in [0.717, 1.165) is 0 Å². The largest absolute Gasteiger partial charge is 0.496 e. The molecule has 1 heterocycles. The van der Waals surface area contributed by atoms with Crippen molar-refractivity contribution >= 4 is 16.9 Å². The zero-order chi connectivity index (χ0) is 16.6. The summed E-state index contributed by atoms with van der Waals surface area (Å²) in [6, 6.07) is 9.13. The second kappa shape index (κ2) is 5.64. The first kappa shape index (κ1) is 14.9. The number of ether oxygens (including phenoxy) is 1. The summed E-state index contributed by atoms with van der Waals surface area (Å²) in [7, 11) is 1.40. The number of nitrogens with zero attached hydrogens (tertiary/aromatic N) is 1. The van der Waals surface area contributed by atoms with Crippen LogP contribution >= 0.6 is 0 Å². The maximum atomic E-state index is 14.0. The van der Waals surface area contributed by atoms with E-state index in [2.05, 4.69) is 4.98 Å². The van der Waals surface area contributed by atoms with E-state index in [1.165, 1.54) is 49.6 Å². The van der Waals surface area contributed by atoms with Crippen molar-refractivity contribution in [2.24, 2.45) is 0 Å². The van der Waals surface area contributed by atoms with Gasteiger partial charge < -0.3 is 9.84 Å². The fourth-order valence-corrected chi connectivity index (χ4v) is 2.41. The van der Waals surface area contributed by atoms with Gasteiger partial charge in [0, 0.05) is 10.9 Å². The van der Waals surface area contributed by atoms with Crippen molar-refractivity contribution in [2.45, 2.75) is 0 Å². The third-order valence-electron chi connectivity index (χ3n) is 3.46. The monoisotopic (exact) mass is 315 g/mol. The molecule has 0 radical (unpaired) electrons. The van der Waals surface area contributed by atoms with Crippen LogP contribution in [0.5, 0.6) is 5.75 Å². The van der Waals surface area contributed by atoms with E-state index in [4.69, 9.17) is 4.74 Å². The van der Waals surface area contributed by atoms with Gasteiger partial charge >= 0.3 is 5.97 Å². The molecular weight excluding hydrogens is 304 g/mol. The van der Waals surface area contributed by atoms with Gasteiger partial charge in [0.15, 0.2) is 0 Å². The number of halogens is 2. The van der Waals surface area contributed by atoms with Crippen molar-refractivity contribution in [2.75, 3.05) is 7.11 Å². The molecular formula is C17H11F2NO3. The van der Waals surface area contributed by atoms with Crippen LogP contribution < -0.4 is 4.74 Å². The van der Waals surface area contributed by atoms with Gasteiger partial charge in [-0.2, -0.15) is 0 Å². The summed E-state index contributed by atoms with van der Waals surface area (Å²) in [5, 5.41) is 9.55. The van der Waals surface area contributed by atoms with Crippen molar-refractivity contribution in [1.29, 1.82) is 0 Å². The Kier molecular flexibility index (Phi) is 3.65. The van der Waals surface area contributed by atoms with E-state index in [1.54, 1.807) is 0 Å². The molecule has 0 amide bonds. The molecule has 0 aliphatic carbocycles. The molecule has 1 N–H and O–H groups in total. The summed E-state index contributed by atoms with van der Waals surface area (Å²) in [6.45, 7) is 0. The molecule has 6 heteroatoms. The Labute approximate surface area is 130 Å². The van der Waals surface area contributed by atoms with E-state index in [9.17, 15) is 18.7 Å². The third-order valence-corrected chi connectivity index (χ3v) is 3.46. The number of aromatic nitrogens is 1. The number of carbonyl (C=O) groups is 1. The molecule has 0 bridgehead atoms. The molecule has 0 saturated carbocycles. The lowest BCUT2D eigenvalue weighted by Gasteiger charge is -2.11. The van der Waals surface area contributed by atoms with Crippen LogP contribution in [-0.2, 0) is 0 Å². The van der Waals surface area contributed by atoms with Gasteiger partial charge in [-0.15, -0.1) is 0 Å². The Hall–Kier alpha value is -3.02. The molecule has 2 aromatic carbocycles. The van der Waals surface area contributed by atoms with Crippen LogP contribution in [0.4, 0.5) is 8.78 Å². The quantitative estimate of drug-likeness (QED) is 0.796. The highest BCUT2D eigenvalue weighted by atomic mass is 19.1. The number of rotatable bonds is 3. The standard InChI is InChI=1S/C17H11F2NO3/c1-23-15-6-5-9(18)7-12(15)14-8-11(17(21)22)10-3-2-4-13(19)16(10)20-14/h2-8H,1H3,(H,21,22). The minimum Gasteiger partial charge on any atom is -0.496 e. The number of methoxy groups -OCH3 is 1. The summed E-state index contributed by atoms with van der Waals surface area (Å²) in [5.41, 5.74) is 0.168. The van der Waals surface area contributed by atoms with E-state index >= 15 is 0 Å². The highest BCUT2D eigenvalue weighted by Crippen LogP contribution is 2.32. The number of para-hydroxylation sites is 1. The van der Waals surface area contributed by atoms with Crippen LogP contribution in [0.2, 0.25) is 0 Å². The Bertz CT molecular complexity index is 925. The molecule has 0 aliphatic heterocycles. The van der Waals surface area contributed by atoms with Crippen molar-refractivity contribution in [3.8, 4) is 17.0 Å². The highest BCUT2D eigenvalue weighted by Gasteiger charge is 2.17. The van der Waals surface area contributed by atoms with Gasteiger partial charge in [-0.3, -0.25) is 0 Å². The molecule has 0 aliphatic rings. The summed E-state index contributed by atoms with van der Waals surface area (Å²) >= 11 is 0. The van der Waals surface area contributed by atoms with Gasteiger partial charge in [0.25, 0.3) is 0 Å². The summed E-state index contributed by atoms with van der Waals surface area (Å²) in [6.07, 6.45) is 0. The Morgan fingerprint density at radius 2 is 1.96 bits per heavy atom. The predicted molar refractivity (Wildman–Crippen MR) is 80.6 cm³/mol. The van der Waals surface area contributed by atoms with Crippen molar-refractivity contribution in [3.05, 3.63) is 59.7 Å². The van der Waals surface area contributed by atoms with Gasteiger partial charge in [0.1, 0.15) is 22.9 Å². The molecule has 23 heavy (non-hydrogen) atoms. The Balaban J connectivity index is 2.37. The maximum Gasteiger partial charge on any atom is 0.336 e. The van der Waals surface area contributed by atoms with Gasteiger partial charge in [-0.05, 0) is 30.3 Å². The van der Waals surface area contributed by atoms with Gasteiger partial charge in [0.05, 0.1) is 18.4 Å². The molecule has 1 aromatic heterocycles. The topological polar surface area (TPSA) is 59.4 Å². The molecule has 116 valence electrons. The zero-order valence-electron chi connectivity index (χ0n) is 12.0. The lowest BCUT2D eigenvalue weighted by Crippen LogP contribution is -2.02. The van der Waals surface area contributed by atoms with E-state index in [1.807, 2.05) is 0 Å². The van der Waals surface area contributed by atoms with Gasteiger partial charge in [-0.25, -0.2) is 18.6 Å². The Morgan fingerprint density at radius 1 is 1.17 bits per heavy atom. The van der Waals surface area contributed by atoms with Crippen molar-refractivity contribution in [3.63, 3.8) is 0 Å². The summed E-state index contributed by atoms with van der Waals surface area (Å²) < 4.78 is 32.7. The normalized spacial score (nSPS) is 10.7. The minimum absolute atomic E-state index is 0.0892. The molecule has 3 aromatic rings. The lowest BCUT2D eigenvalue weighted by atomic mass is 10.0. The van der Waals surface area contributed by atoms with Crippen LogP contribution in [0.15, 0.2) is 42.5 Å². The zero-order valence-corrected chi connectivity index (χ0v) is 12.0. The van der Waals surface area contributed by atoms with Gasteiger partial charge in [0.2, 0.25) is 0 Å². The summed E-state index contributed by atoms with van der Waals surface area (Å²) in [4.78, 5) is 15.6. The maximum absolute atomic E-state index is 14.0. The number of aromatic carboxylic acids is 1. The molecule has 4 nitrogen and oxygen atoms in total. The fourth-order valence-electron chi connectivity index (χ4n) is 2.41. The Morgan fingerprint density at radius 3 is 2.65 bits per heavy atom. The second-order valence-electron chi connectivity index (χ2n) is 4.84. The first-order valence-corrected chi connectivity index (χ1v) is 6.67. The lowest BCUT2D eigenvalue weighted by molar-refractivity contribution is 0.0699. The fraction of sp³-hybridized carbons (Fsp3) is 0.0588. The number of hydrogen-bond donors (Lipinski definition) is 1. The summed E-state index contributed by atoms with van der Waals surface area (Å²) in [5.74, 6) is -2.10. The number of pyridine rings is 1. The number of hydrogen-bond acceptors (Lipinski definition) is 3. The number of carboxylic acids is 1. The molecule has 0 fully saturated rings.